The number of alkyl halides is 1. The van der Waals surface area contributed by atoms with Gasteiger partial charge in [0.05, 0.1) is 6.10 Å². The maximum Gasteiger partial charge on any atom is 0.0576 e. The average molecular weight is 322 g/mol. The van der Waals surface area contributed by atoms with Crippen molar-refractivity contribution in [1.82, 2.24) is 0 Å². The predicted molar refractivity (Wildman–Crippen MR) is 72.6 cm³/mol. The first-order valence-electron chi connectivity index (χ1n) is 6.60. The SMILES string of the molecule is IC1CCC(OCC2CCCCC2)CC1. The molecule has 0 saturated heterocycles. The fourth-order valence-corrected chi connectivity index (χ4v) is 3.53. The summed E-state index contributed by atoms with van der Waals surface area (Å²) in [6.45, 7) is 1.05. The second kappa shape index (κ2) is 6.43. The van der Waals surface area contributed by atoms with Crippen molar-refractivity contribution in [2.75, 3.05) is 6.61 Å². The lowest BCUT2D eigenvalue weighted by Crippen LogP contribution is -2.24. The van der Waals surface area contributed by atoms with Gasteiger partial charge < -0.3 is 4.74 Å². The highest BCUT2D eigenvalue weighted by molar-refractivity contribution is 14.1. The van der Waals surface area contributed by atoms with Crippen molar-refractivity contribution in [3.05, 3.63) is 0 Å². The molecule has 0 unspecified atom stereocenters. The summed E-state index contributed by atoms with van der Waals surface area (Å²) in [7, 11) is 0. The molecule has 0 atom stereocenters. The highest BCUT2D eigenvalue weighted by atomic mass is 127. The molecule has 0 spiro atoms. The van der Waals surface area contributed by atoms with E-state index in [9.17, 15) is 0 Å². The van der Waals surface area contributed by atoms with Gasteiger partial charge in [-0.3, -0.25) is 0 Å². The molecule has 2 aliphatic carbocycles. The Labute approximate surface area is 107 Å². The van der Waals surface area contributed by atoms with Crippen LogP contribution in [0, 0.1) is 5.92 Å². The quantitative estimate of drug-likeness (QED) is 0.555. The molecule has 0 N–H and O–H groups in total. The van der Waals surface area contributed by atoms with Crippen LogP contribution in [0.2, 0.25) is 0 Å². The molecule has 0 aromatic carbocycles. The van der Waals surface area contributed by atoms with Crippen LogP contribution in [0.1, 0.15) is 57.8 Å². The highest BCUT2D eigenvalue weighted by Crippen LogP contribution is 2.29. The summed E-state index contributed by atoms with van der Waals surface area (Å²) in [6.07, 6.45) is 13.1. The van der Waals surface area contributed by atoms with Gasteiger partial charge in [-0.1, -0.05) is 41.9 Å². The summed E-state index contributed by atoms with van der Waals surface area (Å²) in [5.74, 6) is 0.885. The third-order valence-electron chi connectivity index (χ3n) is 3.90. The zero-order valence-electron chi connectivity index (χ0n) is 9.59. The van der Waals surface area contributed by atoms with Crippen molar-refractivity contribution in [1.29, 1.82) is 0 Å². The average Bonchev–Trinajstić information content (AvgIpc) is 2.30. The number of hydrogen-bond donors (Lipinski definition) is 0. The van der Waals surface area contributed by atoms with Crippen LogP contribution >= 0.6 is 22.6 Å². The van der Waals surface area contributed by atoms with E-state index < -0.39 is 0 Å². The lowest BCUT2D eigenvalue weighted by atomic mass is 9.90. The van der Waals surface area contributed by atoms with Gasteiger partial charge in [0.2, 0.25) is 0 Å². The summed E-state index contributed by atoms with van der Waals surface area (Å²) in [5, 5.41) is 0. The first kappa shape index (κ1) is 12.2. The van der Waals surface area contributed by atoms with E-state index in [-0.39, 0.29) is 0 Å². The summed E-state index contributed by atoms with van der Waals surface area (Å²) in [6, 6.07) is 0. The first-order chi connectivity index (χ1) is 7.34. The van der Waals surface area contributed by atoms with Crippen molar-refractivity contribution < 1.29 is 4.74 Å². The molecule has 0 aromatic heterocycles. The molecular formula is C13H23IO. The van der Waals surface area contributed by atoms with Gasteiger partial charge in [-0.15, -0.1) is 0 Å². The zero-order valence-corrected chi connectivity index (χ0v) is 11.7. The van der Waals surface area contributed by atoms with Gasteiger partial charge >= 0.3 is 0 Å². The number of hydrogen-bond acceptors (Lipinski definition) is 1. The Bertz CT molecular complexity index is 169. The number of rotatable bonds is 3. The normalized spacial score (nSPS) is 34.2. The monoisotopic (exact) mass is 322 g/mol. The van der Waals surface area contributed by atoms with Crippen LogP contribution in [0.15, 0.2) is 0 Å². The zero-order chi connectivity index (χ0) is 10.5. The van der Waals surface area contributed by atoms with Crippen LogP contribution in [0.25, 0.3) is 0 Å². The van der Waals surface area contributed by atoms with E-state index in [0.29, 0.717) is 6.10 Å². The molecule has 0 radical (unpaired) electrons. The first-order valence-corrected chi connectivity index (χ1v) is 7.85. The molecule has 88 valence electrons. The molecule has 0 aromatic rings. The lowest BCUT2D eigenvalue weighted by molar-refractivity contribution is 0.00263. The molecule has 1 nitrogen and oxygen atoms in total. The van der Waals surface area contributed by atoms with Gasteiger partial charge in [0.1, 0.15) is 0 Å². The van der Waals surface area contributed by atoms with Crippen LogP contribution in [0.5, 0.6) is 0 Å². The van der Waals surface area contributed by atoms with E-state index >= 15 is 0 Å². The van der Waals surface area contributed by atoms with Crippen LogP contribution < -0.4 is 0 Å². The van der Waals surface area contributed by atoms with Crippen molar-refractivity contribution >= 4 is 22.6 Å². The van der Waals surface area contributed by atoms with E-state index in [0.717, 1.165) is 16.4 Å². The van der Waals surface area contributed by atoms with E-state index in [2.05, 4.69) is 22.6 Å². The Morgan fingerprint density at radius 3 is 2.20 bits per heavy atom. The molecule has 2 rings (SSSR count). The minimum absolute atomic E-state index is 0.595. The fourth-order valence-electron chi connectivity index (χ4n) is 2.81. The second-order valence-corrected chi connectivity index (χ2v) is 6.97. The van der Waals surface area contributed by atoms with E-state index in [1.807, 2.05) is 0 Å². The van der Waals surface area contributed by atoms with Crippen molar-refractivity contribution in [3.63, 3.8) is 0 Å². The van der Waals surface area contributed by atoms with Gasteiger partial charge in [-0.25, -0.2) is 0 Å². The molecule has 0 heterocycles. The molecule has 0 aliphatic heterocycles. The lowest BCUT2D eigenvalue weighted by Gasteiger charge is -2.28. The van der Waals surface area contributed by atoms with Crippen LogP contribution in [0.4, 0.5) is 0 Å². The topological polar surface area (TPSA) is 9.23 Å². The van der Waals surface area contributed by atoms with Crippen LogP contribution in [-0.4, -0.2) is 16.6 Å². The molecular weight excluding hydrogens is 299 g/mol. The molecule has 0 bridgehead atoms. The maximum atomic E-state index is 6.07. The molecule has 2 heteroatoms. The van der Waals surface area contributed by atoms with Crippen molar-refractivity contribution in [3.8, 4) is 0 Å². The third-order valence-corrected chi connectivity index (χ3v) is 5.14. The standard InChI is InChI=1S/C13H23IO/c14-12-6-8-13(9-7-12)15-10-11-4-2-1-3-5-11/h11-13H,1-10H2. The van der Waals surface area contributed by atoms with Gasteiger partial charge in [-0.05, 0) is 44.4 Å². The van der Waals surface area contributed by atoms with Gasteiger partial charge in [0.15, 0.2) is 0 Å². The summed E-state index contributed by atoms with van der Waals surface area (Å²) in [4.78, 5) is 0. The predicted octanol–water partition coefficient (Wildman–Crippen LogP) is 4.33. The summed E-state index contributed by atoms with van der Waals surface area (Å²) in [5.41, 5.74) is 0. The van der Waals surface area contributed by atoms with Gasteiger partial charge in [-0.2, -0.15) is 0 Å². The summed E-state index contributed by atoms with van der Waals surface area (Å²) >= 11 is 2.58. The molecule has 2 fully saturated rings. The van der Waals surface area contributed by atoms with E-state index in [4.69, 9.17) is 4.74 Å². The Kier molecular flexibility index (Phi) is 5.21. The minimum atomic E-state index is 0.595. The minimum Gasteiger partial charge on any atom is -0.378 e. The van der Waals surface area contributed by atoms with E-state index in [1.54, 1.807) is 0 Å². The molecule has 0 amide bonds. The Morgan fingerprint density at radius 2 is 1.53 bits per heavy atom. The summed E-state index contributed by atoms with van der Waals surface area (Å²) < 4.78 is 6.98. The second-order valence-electron chi connectivity index (χ2n) is 5.21. The van der Waals surface area contributed by atoms with Crippen LogP contribution in [-0.2, 0) is 4.74 Å². The van der Waals surface area contributed by atoms with Crippen molar-refractivity contribution in [2.24, 2.45) is 5.92 Å². The fraction of sp³-hybridized carbons (Fsp3) is 1.00. The van der Waals surface area contributed by atoms with Gasteiger partial charge in [0.25, 0.3) is 0 Å². The number of ether oxygens (including phenoxy) is 1. The Balaban J connectivity index is 1.60. The third kappa shape index (κ3) is 4.22. The van der Waals surface area contributed by atoms with Gasteiger partial charge in [0, 0.05) is 10.5 Å². The molecule has 15 heavy (non-hydrogen) atoms. The largest absolute Gasteiger partial charge is 0.378 e. The Hall–Kier alpha value is 0.690. The van der Waals surface area contributed by atoms with Crippen molar-refractivity contribution in [2.45, 2.75) is 67.8 Å². The van der Waals surface area contributed by atoms with Crippen LogP contribution in [0.3, 0.4) is 0 Å². The maximum absolute atomic E-state index is 6.07. The molecule has 2 saturated carbocycles. The number of halogens is 1. The Morgan fingerprint density at radius 1 is 0.867 bits per heavy atom. The van der Waals surface area contributed by atoms with E-state index in [1.165, 1.54) is 57.8 Å². The molecule has 2 aliphatic rings. The smallest absolute Gasteiger partial charge is 0.0576 e. The highest BCUT2D eigenvalue weighted by Gasteiger charge is 2.21.